The summed E-state index contributed by atoms with van der Waals surface area (Å²) in [5.74, 6) is 3.56. The Hall–Kier alpha value is -2.97. The van der Waals surface area contributed by atoms with Crippen LogP contribution in [0.2, 0.25) is 0 Å². The van der Waals surface area contributed by atoms with E-state index in [2.05, 4.69) is 15.3 Å². The van der Waals surface area contributed by atoms with E-state index < -0.39 is 0 Å². The summed E-state index contributed by atoms with van der Waals surface area (Å²) < 4.78 is 12.9. The van der Waals surface area contributed by atoms with Gasteiger partial charge in [-0.1, -0.05) is 17.9 Å². The maximum atomic E-state index is 11.5. The third-order valence-electron chi connectivity index (χ3n) is 6.49. The number of hydrogen-bond acceptors (Lipinski definition) is 6. The van der Waals surface area contributed by atoms with Crippen molar-refractivity contribution in [3.63, 3.8) is 0 Å². The highest BCUT2D eigenvalue weighted by atomic mass is 32.1. The molecular weight excluding hydrogens is 424 g/mol. The molecule has 0 spiro atoms. The fourth-order valence-electron chi connectivity index (χ4n) is 4.99. The molecule has 4 aromatic rings. The number of nitrogens with one attached hydrogen (secondary N) is 1. The smallest absolute Gasteiger partial charge is 0.281 e. The van der Waals surface area contributed by atoms with Gasteiger partial charge in [0.15, 0.2) is 5.65 Å². The van der Waals surface area contributed by atoms with Crippen LogP contribution >= 0.6 is 11.3 Å². The molecule has 6 rings (SSSR count). The number of amides is 1. The molecule has 2 saturated carbocycles. The normalized spacial score (nSPS) is 24.0. The van der Waals surface area contributed by atoms with Gasteiger partial charge in [-0.25, -0.2) is 4.98 Å². The van der Waals surface area contributed by atoms with Gasteiger partial charge in [-0.2, -0.15) is 4.98 Å². The Bertz CT molecular complexity index is 1270. The summed E-state index contributed by atoms with van der Waals surface area (Å²) in [7, 11) is 0. The van der Waals surface area contributed by atoms with E-state index in [0.29, 0.717) is 29.1 Å². The summed E-state index contributed by atoms with van der Waals surface area (Å²) in [5.41, 5.74) is 1.51. The Morgan fingerprint density at radius 2 is 2.25 bits per heavy atom. The number of nitrogens with zero attached hydrogens (tertiary/aromatic N) is 3. The molecule has 32 heavy (non-hydrogen) atoms. The first-order valence-electron chi connectivity index (χ1n) is 10.9. The first-order valence-corrected chi connectivity index (χ1v) is 11.8. The van der Waals surface area contributed by atoms with Gasteiger partial charge < -0.3 is 19.8 Å². The van der Waals surface area contributed by atoms with Crippen LogP contribution in [0.4, 0.5) is 0 Å². The van der Waals surface area contributed by atoms with E-state index in [0.717, 1.165) is 46.2 Å². The summed E-state index contributed by atoms with van der Waals surface area (Å²) >= 11 is 1.47. The molecule has 1 amide bonds. The van der Waals surface area contributed by atoms with Crippen molar-refractivity contribution in [2.45, 2.75) is 32.4 Å². The number of thiazole rings is 1. The van der Waals surface area contributed by atoms with Gasteiger partial charge in [-0.05, 0) is 67.0 Å². The number of carbonyl (C=O) groups is 1. The molecule has 2 aliphatic carbocycles. The highest BCUT2D eigenvalue weighted by Gasteiger charge is 2.51. The second-order valence-electron chi connectivity index (χ2n) is 8.75. The number of carbonyl (C=O) groups excluding carboxylic acids is 1. The van der Waals surface area contributed by atoms with Crippen LogP contribution < -0.4 is 10.1 Å². The van der Waals surface area contributed by atoms with Gasteiger partial charge >= 0.3 is 0 Å². The highest BCUT2D eigenvalue weighted by Crippen LogP contribution is 2.55. The average molecular weight is 448 g/mol. The molecule has 8 heteroatoms. The van der Waals surface area contributed by atoms with E-state index in [-0.39, 0.29) is 11.9 Å². The van der Waals surface area contributed by atoms with E-state index in [9.17, 15) is 4.79 Å². The van der Waals surface area contributed by atoms with Gasteiger partial charge in [0.05, 0.1) is 10.5 Å². The van der Waals surface area contributed by atoms with Crippen LogP contribution in [0.1, 0.15) is 25.5 Å². The van der Waals surface area contributed by atoms with Crippen molar-refractivity contribution >= 4 is 38.6 Å². The van der Waals surface area contributed by atoms with Crippen molar-refractivity contribution in [1.82, 2.24) is 15.3 Å². The van der Waals surface area contributed by atoms with Crippen molar-refractivity contribution in [2.24, 2.45) is 17.8 Å². The lowest BCUT2D eigenvalue weighted by Gasteiger charge is -2.30. The number of pyridine rings is 1. The number of ether oxygens (including phenoxy) is 1. The molecule has 3 aromatic heterocycles. The van der Waals surface area contributed by atoms with Crippen LogP contribution in [0.25, 0.3) is 26.6 Å². The zero-order chi connectivity index (χ0) is 21.7. The zero-order valence-corrected chi connectivity index (χ0v) is 18.5. The molecule has 0 radical (unpaired) electrons. The van der Waals surface area contributed by atoms with Crippen molar-refractivity contribution in [3.8, 4) is 10.9 Å². The summed E-state index contributed by atoms with van der Waals surface area (Å²) in [6, 6.07) is 11.9. The number of fused-ring (bicyclic) bond motifs is 3. The molecule has 3 heterocycles. The van der Waals surface area contributed by atoms with Gasteiger partial charge in [-0.3, -0.25) is 4.79 Å². The van der Waals surface area contributed by atoms with E-state index >= 15 is 0 Å². The molecule has 0 aliphatic heterocycles. The Morgan fingerprint density at radius 1 is 1.31 bits per heavy atom. The molecule has 1 N–H and O–H groups in total. The predicted molar refractivity (Wildman–Crippen MR) is 123 cm³/mol. The topological polar surface area (TPSA) is 91.4 Å². The lowest BCUT2D eigenvalue weighted by molar-refractivity contribution is -0.119. The largest absolute Gasteiger partial charge is 0.656 e. The molecule has 0 bridgehead atoms. The molecule has 2 unspecified atom stereocenters. The average Bonchev–Trinajstić information content (AvgIpc) is 3.08. The van der Waals surface area contributed by atoms with Gasteiger partial charge in [0, 0.05) is 24.5 Å². The van der Waals surface area contributed by atoms with Crippen LogP contribution in [0.15, 0.2) is 47.0 Å². The van der Waals surface area contributed by atoms with Crippen LogP contribution in [-0.2, 0) is 11.3 Å². The number of furan rings is 1. The number of benzene rings is 1. The maximum Gasteiger partial charge on any atom is 0.281 e. The minimum atomic E-state index is 0.0544. The Kier molecular flexibility index (Phi) is 4.84. The molecule has 164 valence electrons. The summed E-state index contributed by atoms with van der Waals surface area (Å²) in [5, 5.41) is 9.44. The van der Waals surface area contributed by atoms with E-state index in [1.54, 1.807) is 13.1 Å². The van der Waals surface area contributed by atoms with Crippen LogP contribution in [0.5, 0.6) is 10.9 Å². The highest BCUT2D eigenvalue weighted by molar-refractivity contribution is 7.20. The Balaban J connectivity index is 1.10. The minimum absolute atomic E-state index is 0.0544. The second-order valence-corrected chi connectivity index (χ2v) is 9.74. The number of hydrogen-bond donors (Lipinski definition) is 1. The van der Waals surface area contributed by atoms with Crippen LogP contribution in [0.3, 0.4) is 0 Å². The molecular formula is C24H23N4O3S-. The van der Waals surface area contributed by atoms with Crippen molar-refractivity contribution in [2.75, 3.05) is 6.54 Å². The third-order valence-corrected chi connectivity index (χ3v) is 7.37. The first kappa shape index (κ1) is 19.7. The van der Waals surface area contributed by atoms with Gasteiger partial charge in [0.2, 0.25) is 5.91 Å². The zero-order valence-electron chi connectivity index (χ0n) is 17.7. The summed E-state index contributed by atoms with van der Waals surface area (Å²) in [6.07, 6.45) is 4.11. The molecule has 4 atom stereocenters. The minimum Gasteiger partial charge on any atom is -0.656 e. The van der Waals surface area contributed by atoms with Crippen LogP contribution in [-0.4, -0.2) is 28.5 Å². The predicted octanol–water partition coefficient (Wildman–Crippen LogP) is 5.26. The SMILES string of the molecule is CC(=O)N[C@H]1CC2C[C@H]2C1C[N-]Cc1cc2cc(Oc3nc4ncccc4s3)ccc2o1. The molecule has 1 aromatic carbocycles. The summed E-state index contributed by atoms with van der Waals surface area (Å²) in [4.78, 5) is 20.2. The Morgan fingerprint density at radius 3 is 3.12 bits per heavy atom. The van der Waals surface area contributed by atoms with Crippen molar-refractivity contribution in [1.29, 1.82) is 0 Å². The lowest BCUT2D eigenvalue weighted by atomic mass is 9.98. The van der Waals surface area contributed by atoms with Crippen molar-refractivity contribution < 1.29 is 13.9 Å². The molecule has 7 nitrogen and oxygen atoms in total. The van der Waals surface area contributed by atoms with Crippen molar-refractivity contribution in [3.05, 3.63) is 53.7 Å². The third kappa shape index (κ3) is 3.84. The fraction of sp³-hybridized carbons (Fsp3) is 0.375. The summed E-state index contributed by atoms with van der Waals surface area (Å²) in [6.45, 7) is 2.90. The van der Waals surface area contributed by atoms with E-state index in [1.165, 1.54) is 17.8 Å². The number of aromatic nitrogens is 2. The second kappa shape index (κ2) is 7.86. The van der Waals surface area contributed by atoms with Gasteiger partial charge in [0.1, 0.15) is 11.3 Å². The number of rotatable bonds is 7. The fourth-order valence-corrected chi connectivity index (χ4v) is 5.79. The van der Waals surface area contributed by atoms with E-state index in [1.807, 2.05) is 36.4 Å². The molecule has 0 saturated heterocycles. The van der Waals surface area contributed by atoms with Gasteiger partial charge in [-0.15, -0.1) is 6.54 Å². The van der Waals surface area contributed by atoms with Crippen LogP contribution in [0, 0.1) is 17.8 Å². The van der Waals surface area contributed by atoms with Gasteiger partial charge in [0.25, 0.3) is 5.19 Å². The molecule has 2 fully saturated rings. The lowest BCUT2D eigenvalue weighted by Crippen LogP contribution is -2.38. The maximum absolute atomic E-state index is 11.5. The quantitative estimate of drug-likeness (QED) is 0.417. The standard InChI is InChI=1S/C24H23N4O3S/c1-13(29)27-20-10-14-9-18(14)19(20)12-25-11-17-8-15-7-16(4-5-21(15)30-17)31-24-28-23-22(32-24)3-2-6-26-23/h2-8,14,18-20H,9-12H2,1H3,(H,27,29)/q-1/t14?,18-,19?,20+/m1/s1. The molecule has 2 aliphatic rings. The Labute approximate surface area is 189 Å². The van der Waals surface area contributed by atoms with E-state index in [4.69, 9.17) is 14.5 Å². The monoisotopic (exact) mass is 447 g/mol. The first-order chi connectivity index (χ1) is 15.6.